The van der Waals surface area contributed by atoms with E-state index in [0.717, 1.165) is 5.56 Å². The topological polar surface area (TPSA) is 89.3 Å². The molecule has 1 N–H and O–H groups in total. The van der Waals surface area contributed by atoms with Gasteiger partial charge < -0.3 is 9.73 Å². The van der Waals surface area contributed by atoms with Crippen LogP contribution in [0.5, 0.6) is 0 Å². The second-order valence-corrected chi connectivity index (χ2v) is 9.21. The average Bonchev–Trinajstić information content (AvgIpc) is 3.08. The molecular weight excluding hydrogens is 376 g/mol. The average molecular weight is 397 g/mol. The zero-order valence-corrected chi connectivity index (χ0v) is 15.9. The van der Waals surface area contributed by atoms with Gasteiger partial charge >= 0.3 is 0 Å². The van der Waals surface area contributed by atoms with Crippen LogP contribution in [0, 0.1) is 5.92 Å². The highest BCUT2D eigenvalue weighted by molar-refractivity contribution is 7.91. The first-order valence-electron chi connectivity index (χ1n) is 8.60. The summed E-state index contributed by atoms with van der Waals surface area (Å²) < 4.78 is 28.5. The summed E-state index contributed by atoms with van der Waals surface area (Å²) in [6, 6.07) is 7.34. The summed E-state index contributed by atoms with van der Waals surface area (Å²) in [5.41, 5.74) is 0.768. The number of carbonyl (C=O) groups is 1. The van der Waals surface area contributed by atoms with Gasteiger partial charge in [0.1, 0.15) is 9.84 Å². The zero-order chi connectivity index (χ0) is 18.6. The monoisotopic (exact) mass is 396 g/mol. The van der Waals surface area contributed by atoms with Crippen molar-refractivity contribution in [1.82, 2.24) is 10.3 Å². The van der Waals surface area contributed by atoms with E-state index in [1.807, 2.05) is 18.2 Å². The van der Waals surface area contributed by atoms with E-state index < -0.39 is 9.84 Å². The molecule has 2 aromatic rings. The summed E-state index contributed by atoms with van der Waals surface area (Å²) in [4.78, 5) is 16.2. The van der Waals surface area contributed by atoms with Crippen molar-refractivity contribution in [3.63, 3.8) is 0 Å². The van der Waals surface area contributed by atoms with E-state index in [4.69, 9.17) is 16.0 Å². The largest absolute Gasteiger partial charge is 0.441 e. The van der Waals surface area contributed by atoms with Gasteiger partial charge in [0.25, 0.3) is 0 Å². The molecule has 0 radical (unpaired) electrons. The Morgan fingerprint density at radius 1 is 1.27 bits per heavy atom. The quantitative estimate of drug-likeness (QED) is 0.810. The number of amides is 1. The summed E-state index contributed by atoms with van der Waals surface area (Å²) in [5.74, 6) is 1.64. The SMILES string of the molecule is O=C(CCc1ncc(-c2ccccc2Cl)o1)NCC1CCS(=O)(=O)CC1. The summed E-state index contributed by atoms with van der Waals surface area (Å²) in [5, 5.41) is 3.46. The molecule has 0 unspecified atom stereocenters. The van der Waals surface area contributed by atoms with Crippen LogP contribution in [0.15, 0.2) is 34.9 Å². The molecule has 1 aliphatic rings. The first-order chi connectivity index (χ1) is 12.4. The fourth-order valence-electron chi connectivity index (χ4n) is 2.92. The van der Waals surface area contributed by atoms with Crippen molar-refractivity contribution in [1.29, 1.82) is 0 Å². The summed E-state index contributed by atoms with van der Waals surface area (Å²) >= 11 is 6.14. The summed E-state index contributed by atoms with van der Waals surface area (Å²) in [6.45, 7) is 0.519. The van der Waals surface area contributed by atoms with E-state index >= 15 is 0 Å². The number of hydrogen-bond acceptors (Lipinski definition) is 5. The van der Waals surface area contributed by atoms with Crippen molar-refractivity contribution in [2.75, 3.05) is 18.1 Å². The van der Waals surface area contributed by atoms with Crippen molar-refractivity contribution in [2.24, 2.45) is 5.92 Å². The minimum Gasteiger partial charge on any atom is -0.441 e. The van der Waals surface area contributed by atoms with Crippen LogP contribution in [0.25, 0.3) is 11.3 Å². The van der Waals surface area contributed by atoms with Crippen LogP contribution in [-0.2, 0) is 21.1 Å². The fourth-order valence-corrected chi connectivity index (χ4v) is 4.74. The number of halogens is 1. The maximum Gasteiger partial charge on any atom is 0.220 e. The fraction of sp³-hybridized carbons (Fsp3) is 0.444. The molecule has 140 valence electrons. The molecule has 0 spiro atoms. The molecule has 1 aromatic carbocycles. The lowest BCUT2D eigenvalue weighted by Gasteiger charge is -2.21. The molecule has 6 nitrogen and oxygen atoms in total. The maximum absolute atomic E-state index is 12.0. The number of carbonyl (C=O) groups excluding carboxylic acids is 1. The second-order valence-electron chi connectivity index (χ2n) is 6.50. The number of rotatable bonds is 6. The number of oxazole rings is 1. The molecule has 1 amide bonds. The predicted molar refractivity (Wildman–Crippen MR) is 99.7 cm³/mol. The standard InChI is InChI=1S/C18H21ClN2O4S/c19-15-4-2-1-3-14(15)16-12-21-18(25-16)6-5-17(22)20-11-13-7-9-26(23,24)10-8-13/h1-4,12-13H,5-11H2,(H,20,22). The lowest BCUT2D eigenvalue weighted by atomic mass is 10.0. The van der Waals surface area contributed by atoms with Crippen LogP contribution in [-0.4, -0.2) is 37.4 Å². The van der Waals surface area contributed by atoms with E-state index in [2.05, 4.69) is 10.3 Å². The van der Waals surface area contributed by atoms with Gasteiger partial charge in [-0.15, -0.1) is 0 Å². The van der Waals surface area contributed by atoms with Gasteiger partial charge in [-0.3, -0.25) is 4.79 Å². The van der Waals surface area contributed by atoms with Crippen LogP contribution in [0.4, 0.5) is 0 Å². The molecule has 1 aromatic heterocycles. The lowest BCUT2D eigenvalue weighted by molar-refractivity contribution is -0.121. The highest BCUT2D eigenvalue weighted by Gasteiger charge is 2.23. The highest BCUT2D eigenvalue weighted by Crippen LogP contribution is 2.28. The Morgan fingerprint density at radius 2 is 2.00 bits per heavy atom. The smallest absolute Gasteiger partial charge is 0.220 e. The Morgan fingerprint density at radius 3 is 2.73 bits per heavy atom. The van der Waals surface area contributed by atoms with Gasteiger partial charge in [0.05, 0.1) is 22.7 Å². The number of hydrogen-bond donors (Lipinski definition) is 1. The molecule has 26 heavy (non-hydrogen) atoms. The molecule has 0 aliphatic carbocycles. The molecule has 0 saturated carbocycles. The van der Waals surface area contributed by atoms with E-state index in [-0.39, 0.29) is 29.8 Å². The van der Waals surface area contributed by atoms with Crippen molar-refractivity contribution < 1.29 is 17.6 Å². The Hall–Kier alpha value is -1.86. The van der Waals surface area contributed by atoms with E-state index in [0.29, 0.717) is 42.5 Å². The van der Waals surface area contributed by atoms with E-state index in [9.17, 15) is 13.2 Å². The number of benzene rings is 1. The van der Waals surface area contributed by atoms with Gasteiger partial charge in [0, 0.05) is 24.9 Å². The Balaban J connectivity index is 1.45. The molecule has 8 heteroatoms. The highest BCUT2D eigenvalue weighted by atomic mass is 35.5. The minimum absolute atomic E-state index is 0.0871. The van der Waals surface area contributed by atoms with Crippen molar-refractivity contribution in [2.45, 2.75) is 25.7 Å². The number of nitrogens with zero attached hydrogens (tertiary/aromatic N) is 1. The van der Waals surface area contributed by atoms with Crippen molar-refractivity contribution in [3.05, 3.63) is 41.4 Å². The van der Waals surface area contributed by atoms with Crippen LogP contribution in [0.1, 0.15) is 25.2 Å². The van der Waals surface area contributed by atoms with Gasteiger partial charge in [0.2, 0.25) is 5.91 Å². The van der Waals surface area contributed by atoms with Gasteiger partial charge in [-0.25, -0.2) is 13.4 Å². The Labute approximate surface area is 157 Å². The number of sulfone groups is 1. The Kier molecular flexibility index (Phi) is 5.98. The molecule has 2 heterocycles. The first-order valence-corrected chi connectivity index (χ1v) is 10.8. The molecule has 3 rings (SSSR count). The van der Waals surface area contributed by atoms with Gasteiger partial charge in [0.15, 0.2) is 11.7 Å². The van der Waals surface area contributed by atoms with Crippen LogP contribution in [0.3, 0.4) is 0 Å². The third kappa shape index (κ3) is 5.08. The zero-order valence-electron chi connectivity index (χ0n) is 14.3. The predicted octanol–water partition coefficient (Wildman–Crippen LogP) is 2.87. The molecule has 0 bridgehead atoms. The molecular formula is C18H21ClN2O4S. The molecule has 1 aliphatic heterocycles. The van der Waals surface area contributed by atoms with Gasteiger partial charge in [-0.05, 0) is 30.9 Å². The van der Waals surface area contributed by atoms with E-state index in [1.54, 1.807) is 12.3 Å². The third-order valence-corrected chi connectivity index (χ3v) is 6.57. The van der Waals surface area contributed by atoms with Crippen LogP contribution >= 0.6 is 11.6 Å². The van der Waals surface area contributed by atoms with Gasteiger partial charge in [-0.2, -0.15) is 0 Å². The lowest BCUT2D eigenvalue weighted by Crippen LogP contribution is -2.34. The maximum atomic E-state index is 12.0. The number of nitrogens with one attached hydrogen (secondary N) is 1. The van der Waals surface area contributed by atoms with Crippen LogP contribution in [0.2, 0.25) is 5.02 Å². The first kappa shape index (κ1) is 18.9. The minimum atomic E-state index is -2.87. The van der Waals surface area contributed by atoms with E-state index in [1.165, 1.54) is 0 Å². The normalized spacial score (nSPS) is 17.1. The summed E-state index contributed by atoms with van der Waals surface area (Å²) in [7, 11) is -2.87. The van der Waals surface area contributed by atoms with Crippen LogP contribution < -0.4 is 5.32 Å². The second kappa shape index (κ2) is 8.22. The molecule has 1 fully saturated rings. The van der Waals surface area contributed by atoms with Gasteiger partial charge in [-0.1, -0.05) is 23.7 Å². The number of aromatic nitrogens is 1. The third-order valence-electron chi connectivity index (χ3n) is 4.52. The summed E-state index contributed by atoms with van der Waals surface area (Å²) in [6.07, 6.45) is 3.51. The molecule has 1 saturated heterocycles. The van der Waals surface area contributed by atoms with Crippen molar-refractivity contribution in [3.8, 4) is 11.3 Å². The Bertz CT molecular complexity index is 865. The molecule has 0 atom stereocenters. The van der Waals surface area contributed by atoms with Crippen molar-refractivity contribution >= 4 is 27.3 Å². The number of aryl methyl sites for hydroxylation is 1.